The molecule has 2 aromatic rings. The van der Waals surface area contributed by atoms with Crippen molar-refractivity contribution in [2.75, 3.05) is 4.90 Å². The van der Waals surface area contributed by atoms with Gasteiger partial charge < -0.3 is 4.74 Å². The van der Waals surface area contributed by atoms with E-state index in [0.29, 0.717) is 11.3 Å². The Morgan fingerprint density at radius 3 is 2.24 bits per heavy atom. The molecule has 0 N–H and O–H groups in total. The van der Waals surface area contributed by atoms with Crippen LogP contribution >= 0.6 is 15.9 Å². The van der Waals surface area contributed by atoms with Gasteiger partial charge in [-0.1, -0.05) is 78.3 Å². The fourth-order valence-corrected chi connectivity index (χ4v) is 6.30. The molecule has 3 aliphatic rings. The van der Waals surface area contributed by atoms with Gasteiger partial charge in [0.1, 0.15) is 0 Å². The molecule has 0 spiro atoms. The summed E-state index contributed by atoms with van der Waals surface area (Å²) in [5.74, 6) is 1.52. The summed E-state index contributed by atoms with van der Waals surface area (Å²) in [4.78, 5) is 15.4. The second kappa shape index (κ2) is 6.68. The Balaban J connectivity index is 1.44. The Hall–Kier alpha value is -1.65. The standard InChI is InChI=1S/C25H28BrNO2/c1-24(2)18-14-20(26)25(3,15-19(18)24)29-22-21(16-10-6-4-7-11-16)27(23(22)28)17-12-8-5-9-13-17/h4-13,18-22H,14-15H2,1-3H3/t18-,19+,20-,21-,22+,25-/m1/s1. The van der Waals surface area contributed by atoms with Gasteiger partial charge in [0.25, 0.3) is 5.91 Å². The minimum atomic E-state index is -0.443. The highest BCUT2D eigenvalue weighted by Gasteiger charge is 2.65. The predicted octanol–water partition coefficient (Wildman–Crippen LogP) is 5.75. The maximum atomic E-state index is 13.3. The van der Waals surface area contributed by atoms with Crippen LogP contribution in [0.25, 0.3) is 0 Å². The summed E-state index contributed by atoms with van der Waals surface area (Å²) < 4.78 is 6.71. The van der Waals surface area contributed by atoms with Crippen LogP contribution in [0.5, 0.6) is 0 Å². The summed E-state index contributed by atoms with van der Waals surface area (Å²) in [6.07, 6.45) is 1.69. The average Bonchev–Trinajstić information content (AvgIpc) is 3.24. The third-order valence-electron chi connectivity index (χ3n) is 7.65. The first-order chi connectivity index (χ1) is 13.8. The van der Waals surface area contributed by atoms with Gasteiger partial charge in [-0.25, -0.2) is 0 Å². The van der Waals surface area contributed by atoms with Gasteiger partial charge in [-0.15, -0.1) is 0 Å². The van der Waals surface area contributed by atoms with E-state index in [0.717, 1.165) is 30.0 Å². The van der Waals surface area contributed by atoms with Crippen molar-refractivity contribution >= 4 is 27.5 Å². The Kier molecular flexibility index (Phi) is 4.45. The van der Waals surface area contributed by atoms with Crippen LogP contribution in [0.1, 0.15) is 45.2 Å². The fourth-order valence-electron chi connectivity index (χ4n) is 5.61. The molecule has 0 aromatic heterocycles. The fraction of sp³-hybridized carbons (Fsp3) is 0.480. The Morgan fingerprint density at radius 1 is 0.966 bits per heavy atom. The first-order valence-corrected chi connectivity index (χ1v) is 11.5. The molecule has 2 aromatic carbocycles. The number of para-hydroxylation sites is 1. The molecule has 1 aliphatic heterocycles. The molecular formula is C25H28BrNO2. The van der Waals surface area contributed by atoms with Crippen LogP contribution in [0, 0.1) is 17.3 Å². The largest absolute Gasteiger partial charge is 0.358 e. The second-order valence-corrected chi connectivity index (χ2v) is 10.8. The number of hydrogen-bond donors (Lipinski definition) is 0. The Bertz CT molecular complexity index is 915. The highest BCUT2D eigenvalue weighted by molar-refractivity contribution is 9.09. The summed E-state index contributed by atoms with van der Waals surface area (Å²) >= 11 is 3.92. The van der Waals surface area contributed by atoms with Crippen molar-refractivity contribution in [1.29, 1.82) is 0 Å². The molecule has 1 amide bonds. The van der Waals surface area contributed by atoms with Crippen molar-refractivity contribution in [3.05, 3.63) is 66.2 Å². The smallest absolute Gasteiger partial charge is 0.259 e. The molecule has 1 heterocycles. The number of ether oxygens (including phenoxy) is 1. The zero-order valence-electron chi connectivity index (χ0n) is 17.2. The number of alkyl halides is 1. The normalized spacial score (nSPS) is 37.6. The van der Waals surface area contributed by atoms with Gasteiger partial charge >= 0.3 is 0 Å². The zero-order chi connectivity index (χ0) is 20.4. The first kappa shape index (κ1) is 19.3. The van der Waals surface area contributed by atoms with E-state index < -0.39 is 6.10 Å². The van der Waals surface area contributed by atoms with Crippen LogP contribution in [0.4, 0.5) is 5.69 Å². The van der Waals surface area contributed by atoms with E-state index in [-0.39, 0.29) is 22.4 Å². The molecule has 3 fully saturated rings. The topological polar surface area (TPSA) is 29.5 Å². The highest BCUT2D eigenvalue weighted by Crippen LogP contribution is 2.68. The second-order valence-electron chi connectivity index (χ2n) is 9.69. The lowest BCUT2D eigenvalue weighted by Gasteiger charge is -2.51. The zero-order valence-corrected chi connectivity index (χ0v) is 18.8. The molecule has 152 valence electrons. The van der Waals surface area contributed by atoms with Crippen molar-refractivity contribution in [1.82, 2.24) is 0 Å². The minimum absolute atomic E-state index is 0.0585. The maximum Gasteiger partial charge on any atom is 0.259 e. The van der Waals surface area contributed by atoms with Crippen LogP contribution < -0.4 is 4.90 Å². The SMILES string of the molecule is CC1(C)[C@@H]2C[C@@H](Br)[C@](C)(O[C@@H]3C(=O)N(c4ccccc4)[C@@H]3c3ccccc3)C[C@@H]21. The number of benzene rings is 2. The lowest BCUT2D eigenvalue weighted by Crippen LogP contribution is -2.63. The molecular weight excluding hydrogens is 426 g/mol. The van der Waals surface area contributed by atoms with Crippen LogP contribution in [-0.2, 0) is 9.53 Å². The predicted molar refractivity (Wildman–Crippen MR) is 119 cm³/mol. The average molecular weight is 454 g/mol. The number of anilines is 1. The summed E-state index contributed by atoms with van der Waals surface area (Å²) in [5.41, 5.74) is 2.12. The summed E-state index contributed by atoms with van der Waals surface area (Å²) in [7, 11) is 0. The van der Waals surface area contributed by atoms with E-state index in [1.807, 2.05) is 53.4 Å². The summed E-state index contributed by atoms with van der Waals surface area (Å²) in [6.45, 7) is 6.93. The van der Waals surface area contributed by atoms with Gasteiger partial charge in [-0.2, -0.15) is 0 Å². The number of rotatable bonds is 4. The molecule has 0 unspecified atom stereocenters. The molecule has 3 nitrogen and oxygen atoms in total. The van der Waals surface area contributed by atoms with Crippen molar-refractivity contribution in [3.8, 4) is 0 Å². The molecule has 2 aliphatic carbocycles. The number of amides is 1. The van der Waals surface area contributed by atoms with Crippen molar-refractivity contribution < 1.29 is 9.53 Å². The van der Waals surface area contributed by atoms with Crippen molar-refractivity contribution in [3.63, 3.8) is 0 Å². The molecule has 4 heteroatoms. The lowest BCUT2D eigenvalue weighted by atomic mass is 9.84. The molecule has 1 saturated heterocycles. The monoisotopic (exact) mass is 453 g/mol. The molecule has 0 radical (unpaired) electrons. The van der Waals surface area contributed by atoms with Crippen LogP contribution in [0.2, 0.25) is 0 Å². The van der Waals surface area contributed by atoms with Crippen molar-refractivity contribution in [2.45, 2.75) is 56.2 Å². The van der Waals surface area contributed by atoms with Gasteiger partial charge in [0, 0.05) is 10.5 Å². The maximum absolute atomic E-state index is 13.3. The molecule has 0 bridgehead atoms. The van der Waals surface area contributed by atoms with Crippen LogP contribution in [-0.4, -0.2) is 22.4 Å². The van der Waals surface area contributed by atoms with Gasteiger partial charge in [0.2, 0.25) is 0 Å². The molecule has 5 rings (SSSR count). The van der Waals surface area contributed by atoms with E-state index in [9.17, 15) is 4.79 Å². The third kappa shape index (κ3) is 2.98. The van der Waals surface area contributed by atoms with Crippen LogP contribution in [0.15, 0.2) is 60.7 Å². The number of halogens is 1. The molecule has 6 atom stereocenters. The Labute approximate surface area is 181 Å². The quantitative estimate of drug-likeness (QED) is 0.435. The van der Waals surface area contributed by atoms with Gasteiger partial charge in [0.15, 0.2) is 6.10 Å². The molecule has 29 heavy (non-hydrogen) atoms. The highest BCUT2D eigenvalue weighted by atomic mass is 79.9. The minimum Gasteiger partial charge on any atom is -0.358 e. The molecule has 2 saturated carbocycles. The number of carbonyl (C=O) groups excluding carboxylic acids is 1. The number of β-lactam (4-membered cyclic amide) rings is 1. The number of nitrogens with zero attached hydrogens (tertiary/aromatic N) is 1. The summed E-state index contributed by atoms with van der Waals surface area (Å²) in [5, 5.41) is 0. The lowest BCUT2D eigenvalue weighted by molar-refractivity contribution is -0.164. The first-order valence-electron chi connectivity index (χ1n) is 10.6. The summed E-state index contributed by atoms with van der Waals surface area (Å²) in [6, 6.07) is 20.1. The third-order valence-corrected chi connectivity index (χ3v) is 9.00. The Morgan fingerprint density at radius 2 is 1.59 bits per heavy atom. The van der Waals surface area contributed by atoms with E-state index in [1.54, 1.807) is 0 Å². The van der Waals surface area contributed by atoms with Gasteiger partial charge in [-0.05, 0) is 54.7 Å². The van der Waals surface area contributed by atoms with Gasteiger partial charge in [0.05, 0.1) is 11.6 Å². The van der Waals surface area contributed by atoms with E-state index in [2.05, 4.69) is 48.8 Å². The van der Waals surface area contributed by atoms with E-state index in [1.165, 1.54) is 0 Å². The van der Waals surface area contributed by atoms with E-state index >= 15 is 0 Å². The van der Waals surface area contributed by atoms with Crippen LogP contribution in [0.3, 0.4) is 0 Å². The van der Waals surface area contributed by atoms with Gasteiger partial charge in [-0.3, -0.25) is 9.69 Å². The number of carbonyl (C=O) groups is 1. The number of fused-ring (bicyclic) bond motifs is 1. The van der Waals surface area contributed by atoms with Crippen molar-refractivity contribution in [2.24, 2.45) is 17.3 Å². The van der Waals surface area contributed by atoms with E-state index in [4.69, 9.17) is 4.74 Å². The number of hydrogen-bond acceptors (Lipinski definition) is 2.